The molecule has 0 bridgehead atoms. The van der Waals surface area contributed by atoms with E-state index < -0.39 is 0 Å². The average molecular weight is 319 g/mol. The predicted molar refractivity (Wildman–Crippen MR) is 89.6 cm³/mol. The number of aromatic nitrogens is 2. The van der Waals surface area contributed by atoms with Crippen LogP contribution < -0.4 is 5.32 Å². The van der Waals surface area contributed by atoms with Crippen LogP contribution in [-0.2, 0) is 4.79 Å². The fraction of sp³-hybridized carbons (Fsp3) is 0.267. The maximum Gasteiger partial charge on any atom is 0.250 e. The molecule has 4 nitrogen and oxygen atoms in total. The molecule has 1 N–H and O–H groups in total. The molecule has 1 amide bonds. The van der Waals surface area contributed by atoms with Crippen molar-refractivity contribution in [1.82, 2.24) is 10.2 Å². The molecule has 1 heterocycles. The number of hydrogen-bond acceptors (Lipinski definition) is 5. The number of carbonyl (C=O) groups is 1. The lowest BCUT2D eigenvalue weighted by Gasteiger charge is -1.95. The number of benzene rings is 1. The first-order valence-electron chi connectivity index (χ1n) is 6.78. The molecule has 1 aromatic heterocycles. The first-order chi connectivity index (χ1) is 10.3. The number of amides is 1. The van der Waals surface area contributed by atoms with Gasteiger partial charge in [-0.1, -0.05) is 66.8 Å². The topological polar surface area (TPSA) is 54.9 Å². The minimum absolute atomic E-state index is 0.194. The van der Waals surface area contributed by atoms with Gasteiger partial charge in [-0.25, -0.2) is 0 Å². The number of rotatable bonds is 7. The van der Waals surface area contributed by atoms with Crippen molar-refractivity contribution in [2.45, 2.75) is 24.1 Å². The van der Waals surface area contributed by atoms with Crippen molar-refractivity contribution in [3.63, 3.8) is 0 Å². The SMILES string of the molecule is CCCCSc1nnc(NC(=O)C=Cc2ccccc2)s1. The van der Waals surface area contributed by atoms with Crippen molar-refractivity contribution in [1.29, 1.82) is 0 Å². The summed E-state index contributed by atoms with van der Waals surface area (Å²) in [7, 11) is 0. The van der Waals surface area contributed by atoms with E-state index in [1.165, 1.54) is 23.8 Å². The van der Waals surface area contributed by atoms with Crippen molar-refractivity contribution in [3.8, 4) is 0 Å². The van der Waals surface area contributed by atoms with Crippen LogP contribution in [-0.4, -0.2) is 21.9 Å². The van der Waals surface area contributed by atoms with Crippen LogP contribution in [0, 0.1) is 0 Å². The minimum Gasteiger partial charge on any atom is -0.297 e. The smallest absolute Gasteiger partial charge is 0.250 e. The molecule has 0 spiro atoms. The fourth-order valence-corrected chi connectivity index (χ4v) is 3.41. The summed E-state index contributed by atoms with van der Waals surface area (Å²) in [6.07, 6.45) is 5.60. The molecule has 0 atom stereocenters. The molecule has 110 valence electrons. The Morgan fingerprint density at radius 2 is 2.14 bits per heavy atom. The lowest BCUT2D eigenvalue weighted by molar-refractivity contribution is -0.111. The largest absolute Gasteiger partial charge is 0.297 e. The van der Waals surface area contributed by atoms with Gasteiger partial charge in [0.25, 0.3) is 0 Å². The Hall–Kier alpha value is -1.66. The average Bonchev–Trinajstić information content (AvgIpc) is 2.94. The minimum atomic E-state index is -0.194. The second-order valence-corrected chi connectivity index (χ2v) is 6.63. The Labute approximate surface area is 132 Å². The zero-order valence-corrected chi connectivity index (χ0v) is 13.4. The number of nitrogens with zero attached hydrogens (tertiary/aromatic N) is 2. The molecule has 1 aromatic carbocycles. The number of carbonyl (C=O) groups excluding carboxylic acids is 1. The maximum atomic E-state index is 11.8. The summed E-state index contributed by atoms with van der Waals surface area (Å²) in [5.74, 6) is 0.840. The first kappa shape index (κ1) is 15.7. The van der Waals surface area contributed by atoms with Gasteiger partial charge < -0.3 is 0 Å². The highest BCUT2D eigenvalue weighted by Crippen LogP contribution is 2.26. The van der Waals surface area contributed by atoms with Gasteiger partial charge in [0.05, 0.1) is 0 Å². The van der Waals surface area contributed by atoms with Crippen molar-refractivity contribution < 1.29 is 4.79 Å². The van der Waals surface area contributed by atoms with Gasteiger partial charge in [0.1, 0.15) is 0 Å². The highest BCUT2D eigenvalue weighted by Gasteiger charge is 2.06. The number of hydrogen-bond donors (Lipinski definition) is 1. The Bertz CT molecular complexity index is 596. The molecule has 0 aliphatic heterocycles. The van der Waals surface area contributed by atoms with Gasteiger partial charge >= 0.3 is 0 Å². The molecule has 0 saturated heterocycles. The number of nitrogens with one attached hydrogen (secondary N) is 1. The van der Waals surface area contributed by atoms with Crippen LogP contribution in [0.15, 0.2) is 40.7 Å². The van der Waals surface area contributed by atoms with Crippen molar-refractivity contribution >= 4 is 40.2 Å². The van der Waals surface area contributed by atoms with Gasteiger partial charge in [0.15, 0.2) is 4.34 Å². The normalized spacial score (nSPS) is 10.9. The molecular weight excluding hydrogens is 302 g/mol. The molecule has 2 rings (SSSR count). The van der Waals surface area contributed by atoms with Gasteiger partial charge in [-0.2, -0.15) is 0 Å². The third kappa shape index (κ3) is 5.69. The summed E-state index contributed by atoms with van der Waals surface area (Å²) in [5, 5.41) is 11.3. The summed E-state index contributed by atoms with van der Waals surface area (Å²) in [6.45, 7) is 2.16. The van der Waals surface area contributed by atoms with Gasteiger partial charge in [-0.05, 0) is 18.1 Å². The molecule has 6 heteroatoms. The Morgan fingerprint density at radius 3 is 2.90 bits per heavy atom. The number of thioether (sulfide) groups is 1. The van der Waals surface area contributed by atoms with Crippen molar-refractivity contribution in [2.75, 3.05) is 11.1 Å². The van der Waals surface area contributed by atoms with Crippen molar-refractivity contribution in [2.24, 2.45) is 0 Å². The summed E-state index contributed by atoms with van der Waals surface area (Å²) in [5.41, 5.74) is 0.987. The lowest BCUT2D eigenvalue weighted by atomic mass is 10.2. The molecule has 0 unspecified atom stereocenters. The van der Waals surface area contributed by atoms with E-state index in [-0.39, 0.29) is 5.91 Å². The Balaban J connectivity index is 1.84. The standard InChI is InChI=1S/C15H17N3OS2/c1-2-3-11-20-15-18-17-14(21-15)16-13(19)10-9-12-7-5-4-6-8-12/h4-10H,2-3,11H2,1H3,(H,16,17,19). The Morgan fingerprint density at radius 1 is 1.33 bits per heavy atom. The van der Waals surface area contributed by atoms with E-state index in [4.69, 9.17) is 0 Å². The molecule has 0 fully saturated rings. The monoisotopic (exact) mass is 319 g/mol. The fourth-order valence-electron chi connectivity index (χ4n) is 1.51. The second kappa shape index (κ2) is 8.59. The van der Waals surface area contributed by atoms with Crippen LogP contribution in [0.3, 0.4) is 0 Å². The van der Waals surface area contributed by atoms with E-state index in [0.29, 0.717) is 5.13 Å². The second-order valence-electron chi connectivity index (χ2n) is 4.31. The maximum absolute atomic E-state index is 11.8. The van der Waals surface area contributed by atoms with Gasteiger partial charge in [0, 0.05) is 11.8 Å². The third-order valence-electron chi connectivity index (χ3n) is 2.59. The van der Waals surface area contributed by atoms with E-state index in [1.54, 1.807) is 17.8 Å². The van der Waals surface area contributed by atoms with Crippen LogP contribution >= 0.6 is 23.1 Å². The van der Waals surface area contributed by atoms with Crippen LogP contribution in [0.2, 0.25) is 0 Å². The molecule has 0 radical (unpaired) electrons. The summed E-state index contributed by atoms with van der Waals surface area (Å²) in [4.78, 5) is 11.8. The van der Waals surface area contributed by atoms with Gasteiger partial charge in [-0.3, -0.25) is 10.1 Å². The van der Waals surface area contributed by atoms with Crippen LogP contribution in [0.25, 0.3) is 6.08 Å². The zero-order valence-electron chi connectivity index (χ0n) is 11.8. The van der Waals surface area contributed by atoms with Crippen LogP contribution in [0.4, 0.5) is 5.13 Å². The zero-order chi connectivity index (χ0) is 14.9. The van der Waals surface area contributed by atoms with Crippen LogP contribution in [0.1, 0.15) is 25.3 Å². The molecular formula is C15H17N3OS2. The summed E-state index contributed by atoms with van der Waals surface area (Å²) < 4.78 is 0.894. The molecule has 2 aromatic rings. The third-order valence-corrected chi connectivity index (χ3v) is 4.65. The first-order valence-corrected chi connectivity index (χ1v) is 8.58. The van der Waals surface area contributed by atoms with Gasteiger partial charge in [0.2, 0.25) is 11.0 Å². The summed E-state index contributed by atoms with van der Waals surface area (Å²) in [6, 6.07) is 9.69. The Kier molecular flexibility index (Phi) is 6.43. The van der Waals surface area contributed by atoms with E-state index in [1.807, 2.05) is 30.3 Å². The predicted octanol–water partition coefficient (Wildman–Crippen LogP) is 4.08. The molecule has 0 aliphatic rings. The number of unbranched alkanes of at least 4 members (excludes halogenated alkanes) is 1. The van der Waals surface area contributed by atoms with Crippen molar-refractivity contribution in [3.05, 3.63) is 42.0 Å². The lowest BCUT2D eigenvalue weighted by Crippen LogP contribution is -2.07. The van der Waals surface area contributed by atoms with E-state index in [9.17, 15) is 4.79 Å². The van der Waals surface area contributed by atoms with E-state index in [2.05, 4.69) is 22.4 Å². The molecule has 21 heavy (non-hydrogen) atoms. The molecule has 0 saturated carbocycles. The summed E-state index contributed by atoms with van der Waals surface area (Å²) >= 11 is 3.09. The highest BCUT2D eigenvalue weighted by molar-refractivity contribution is 8.01. The quantitative estimate of drug-likeness (QED) is 0.361. The van der Waals surface area contributed by atoms with E-state index in [0.717, 1.165) is 22.1 Å². The van der Waals surface area contributed by atoms with E-state index >= 15 is 0 Å². The highest BCUT2D eigenvalue weighted by atomic mass is 32.2. The van der Waals surface area contributed by atoms with Gasteiger partial charge in [-0.15, -0.1) is 10.2 Å². The molecule has 0 aliphatic carbocycles. The number of anilines is 1. The van der Waals surface area contributed by atoms with Crippen LogP contribution in [0.5, 0.6) is 0 Å².